The molecule has 0 saturated carbocycles. The summed E-state index contributed by atoms with van der Waals surface area (Å²) in [6.07, 6.45) is 1.76. The average molecular weight is 293 g/mol. The number of hydrogen-bond acceptors (Lipinski definition) is 6. The van der Waals surface area contributed by atoms with Crippen LogP contribution in [-0.2, 0) is 6.54 Å². The lowest BCUT2D eigenvalue weighted by Crippen LogP contribution is -2.17. The number of nitrogens with zero attached hydrogens (tertiary/aromatic N) is 2. The quantitative estimate of drug-likeness (QED) is 0.654. The fourth-order valence-electron chi connectivity index (χ4n) is 1.79. The van der Waals surface area contributed by atoms with Crippen molar-refractivity contribution in [1.29, 1.82) is 0 Å². The van der Waals surface area contributed by atoms with Crippen LogP contribution >= 0.6 is 11.3 Å². The normalized spacial score (nSPS) is 12.1. The number of aromatic nitrogens is 1. The number of thiazole rings is 1. The second-order valence-electron chi connectivity index (χ2n) is 4.24. The van der Waals surface area contributed by atoms with E-state index >= 15 is 0 Å². The monoisotopic (exact) mass is 293 g/mol. The van der Waals surface area contributed by atoms with Crippen molar-refractivity contribution in [1.82, 2.24) is 10.3 Å². The number of nitrogens with one attached hydrogen (secondary N) is 1. The zero-order valence-electron chi connectivity index (χ0n) is 11.2. The number of benzene rings is 1. The fraction of sp³-hybridized carbons (Fsp3) is 0.308. The van der Waals surface area contributed by atoms with E-state index in [-0.39, 0.29) is 17.5 Å². The van der Waals surface area contributed by atoms with Crippen molar-refractivity contribution in [2.45, 2.75) is 19.5 Å². The molecule has 1 unspecified atom stereocenters. The molecule has 0 saturated heterocycles. The van der Waals surface area contributed by atoms with Crippen molar-refractivity contribution in [3.8, 4) is 5.75 Å². The van der Waals surface area contributed by atoms with Gasteiger partial charge in [0, 0.05) is 24.2 Å². The number of rotatable bonds is 6. The maximum Gasteiger partial charge on any atom is 0.311 e. The van der Waals surface area contributed by atoms with Crippen molar-refractivity contribution in [2.24, 2.45) is 0 Å². The van der Waals surface area contributed by atoms with Gasteiger partial charge in [-0.05, 0) is 18.6 Å². The summed E-state index contributed by atoms with van der Waals surface area (Å²) in [5.74, 6) is 0.270. The van der Waals surface area contributed by atoms with Crippen LogP contribution in [0.15, 0.2) is 29.8 Å². The molecule has 0 radical (unpaired) electrons. The van der Waals surface area contributed by atoms with E-state index < -0.39 is 4.92 Å². The molecule has 1 aromatic carbocycles. The van der Waals surface area contributed by atoms with Gasteiger partial charge < -0.3 is 10.1 Å². The molecule has 0 spiro atoms. The smallest absolute Gasteiger partial charge is 0.311 e. The van der Waals surface area contributed by atoms with Crippen molar-refractivity contribution < 1.29 is 9.66 Å². The molecular formula is C13H15N3O3S. The van der Waals surface area contributed by atoms with E-state index in [0.717, 1.165) is 10.6 Å². The van der Waals surface area contributed by atoms with E-state index in [0.29, 0.717) is 6.54 Å². The fourth-order valence-corrected chi connectivity index (χ4v) is 2.47. The number of methoxy groups -OCH3 is 1. The van der Waals surface area contributed by atoms with E-state index in [9.17, 15) is 10.1 Å². The standard InChI is InChI=1S/C13H15N3O3S/c1-9(13-14-5-6-20-13)15-8-10-3-4-12(19-2)11(7-10)16(17)18/h3-7,9,15H,8H2,1-2H3. The third-order valence-electron chi connectivity index (χ3n) is 2.87. The van der Waals surface area contributed by atoms with Gasteiger partial charge >= 0.3 is 5.69 Å². The minimum absolute atomic E-state index is 0.0197. The number of nitro benzene ring substituents is 1. The Balaban J connectivity index is 2.06. The molecule has 1 atom stereocenters. The summed E-state index contributed by atoms with van der Waals surface area (Å²) < 4.78 is 4.98. The molecule has 0 amide bonds. The highest BCUT2D eigenvalue weighted by Gasteiger charge is 2.15. The SMILES string of the molecule is COc1ccc(CNC(C)c2nccs2)cc1[N+](=O)[O-]. The molecule has 0 aliphatic rings. The Labute approximate surface area is 120 Å². The average Bonchev–Trinajstić information content (AvgIpc) is 2.98. The van der Waals surface area contributed by atoms with Gasteiger partial charge in [0.25, 0.3) is 0 Å². The summed E-state index contributed by atoms with van der Waals surface area (Å²) in [6, 6.07) is 5.06. The predicted octanol–water partition coefficient (Wildman–Crippen LogP) is 2.91. The summed E-state index contributed by atoms with van der Waals surface area (Å²) in [5.41, 5.74) is 0.814. The van der Waals surface area contributed by atoms with Crippen molar-refractivity contribution in [3.05, 3.63) is 50.5 Å². The number of nitro groups is 1. The van der Waals surface area contributed by atoms with Gasteiger partial charge in [0.05, 0.1) is 18.1 Å². The molecule has 0 bridgehead atoms. The van der Waals surface area contributed by atoms with Crippen LogP contribution in [0.25, 0.3) is 0 Å². The Morgan fingerprint density at radius 1 is 1.55 bits per heavy atom. The van der Waals surface area contributed by atoms with Crippen LogP contribution in [0.2, 0.25) is 0 Å². The molecule has 2 aromatic rings. The van der Waals surface area contributed by atoms with E-state index in [1.807, 2.05) is 18.4 Å². The summed E-state index contributed by atoms with van der Waals surface area (Å²) in [5, 5.41) is 17.2. The zero-order chi connectivity index (χ0) is 14.5. The van der Waals surface area contributed by atoms with Crippen molar-refractivity contribution in [3.63, 3.8) is 0 Å². The van der Waals surface area contributed by atoms with Crippen LogP contribution < -0.4 is 10.1 Å². The van der Waals surface area contributed by atoms with Crippen LogP contribution in [0, 0.1) is 10.1 Å². The molecular weight excluding hydrogens is 278 g/mol. The molecule has 0 aliphatic carbocycles. The number of ether oxygens (including phenoxy) is 1. The van der Waals surface area contributed by atoms with Crippen LogP contribution in [-0.4, -0.2) is 17.0 Å². The van der Waals surface area contributed by atoms with Gasteiger partial charge in [0.1, 0.15) is 5.01 Å². The highest BCUT2D eigenvalue weighted by Crippen LogP contribution is 2.27. The van der Waals surface area contributed by atoms with E-state index in [1.54, 1.807) is 23.6 Å². The van der Waals surface area contributed by atoms with Gasteiger partial charge in [-0.2, -0.15) is 0 Å². The van der Waals surface area contributed by atoms with E-state index in [4.69, 9.17) is 4.74 Å². The van der Waals surface area contributed by atoms with Gasteiger partial charge in [0.2, 0.25) is 0 Å². The molecule has 106 valence electrons. The van der Waals surface area contributed by atoms with Gasteiger partial charge in [0.15, 0.2) is 5.75 Å². The van der Waals surface area contributed by atoms with E-state index in [1.165, 1.54) is 13.2 Å². The molecule has 7 heteroatoms. The first-order valence-electron chi connectivity index (χ1n) is 6.06. The number of hydrogen-bond donors (Lipinski definition) is 1. The van der Waals surface area contributed by atoms with Crippen LogP contribution in [0.1, 0.15) is 23.5 Å². The molecule has 1 heterocycles. The summed E-state index contributed by atoms with van der Waals surface area (Å²) in [4.78, 5) is 14.7. The molecule has 6 nitrogen and oxygen atoms in total. The lowest BCUT2D eigenvalue weighted by molar-refractivity contribution is -0.385. The van der Waals surface area contributed by atoms with Crippen LogP contribution in [0.5, 0.6) is 5.75 Å². The van der Waals surface area contributed by atoms with Crippen LogP contribution in [0.3, 0.4) is 0 Å². The Morgan fingerprint density at radius 2 is 2.35 bits per heavy atom. The molecule has 1 aromatic heterocycles. The Morgan fingerprint density at radius 3 is 2.95 bits per heavy atom. The first-order valence-corrected chi connectivity index (χ1v) is 6.94. The lowest BCUT2D eigenvalue weighted by atomic mass is 10.1. The Bertz CT molecular complexity index is 587. The molecule has 0 aliphatic heterocycles. The van der Waals surface area contributed by atoms with Gasteiger partial charge in [-0.3, -0.25) is 10.1 Å². The Kier molecular flexibility index (Phi) is 4.65. The second kappa shape index (κ2) is 6.44. The largest absolute Gasteiger partial charge is 0.490 e. The topological polar surface area (TPSA) is 77.3 Å². The molecule has 0 fully saturated rings. The maximum atomic E-state index is 11.0. The van der Waals surface area contributed by atoms with Gasteiger partial charge in [-0.25, -0.2) is 4.98 Å². The summed E-state index contributed by atoms with van der Waals surface area (Å²) in [7, 11) is 1.42. The third kappa shape index (κ3) is 3.31. The minimum atomic E-state index is -0.438. The predicted molar refractivity (Wildman–Crippen MR) is 77.0 cm³/mol. The lowest BCUT2D eigenvalue weighted by Gasteiger charge is -2.11. The van der Waals surface area contributed by atoms with Gasteiger partial charge in [-0.15, -0.1) is 11.3 Å². The maximum absolute atomic E-state index is 11.0. The van der Waals surface area contributed by atoms with Crippen molar-refractivity contribution >= 4 is 17.0 Å². The first-order chi connectivity index (χ1) is 9.61. The minimum Gasteiger partial charge on any atom is -0.490 e. The second-order valence-corrected chi connectivity index (χ2v) is 5.16. The first kappa shape index (κ1) is 14.4. The molecule has 20 heavy (non-hydrogen) atoms. The highest BCUT2D eigenvalue weighted by atomic mass is 32.1. The Hall–Kier alpha value is -1.99. The summed E-state index contributed by atoms with van der Waals surface area (Å²) >= 11 is 1.58. The zero-order valence-corrected chi connectivity index (χ0v) is 12.0. The van der Waals surface area contributed by atoms with Crippen LogP contribution in [0.4, 0.5) is 5.69 Å². The van der Waals surface area contributed by atoms with E-state index in [2.05, 4.69) is 10.3 Å². The molecule has 2 rings (SSSR count). The summed E-state index contributed by atoms with van der Waals surface area (Å²) in [6.45, 7) is 2.54. The van der Waals surface area contributed by atoms with Gasteiger partial charge in [-0.1, -0.05) is 6.07 Å². The highest BCUT2D eigenvalue weighted by molar-refractivity contribution is 7.09. The molecule has 1 N–H and O–H groups in total. The van der Waals surface area contributed by atoms with Crippen molar-refractivity contribution in [2.75, 3.05) is 7.11 Å². The third-order valence-corrected chi connectivity index (χ3v) is 3.83.